The van der Waals surface area contributed by atoms with E-state index in [9.17, 15) is 9.59 Å². The predicted molar refractivity (Wildman–Crippen MR) is 77.7 cm³/mol. The van der Waals surface area contributed by atoms with Gasteiger partial charge in [0, 0.05) is 6.20 Å². The zero-order valence-corrected chi connectivity index (χ0v) is 12.7. The first-order chi connectivity index (χ1) is 10.1. The number of ether oxygens (including phenoxy) is 1. The molecule has 116 valence electrons. The van der Waals surface area contributed by atoms with Gasteiger partial charge in [0.15, 0.2) is 0 Å². The average molecular weight is 293 g/mol. The Kier molecular flexibility index (Phi) is 5.36. The van der Waals surface area contributed by atoms with Gasteiger partial charge in [-0.15, -0.1) is 0 Å². The zero-order valence-electron chi connectivity index (χ0n) is 12.7. The number of esters is 1. The van der Waals surface area contributed by atoms with E-state index in [0.29, 0.717) is 12.6 Å². The molecule has 0 bridgehead atoms. The summed E-state index contributed by atoms with van der Waals surface area (Å²) in [5.74, 6) is -0.630. The van der Waals surface area contributed by atoms with Crippen LogP contribution in [0.1, 0.15) is 51.3 Å². The number of nitrogens with zero attached hydrogens (tertiary/aromatic N) is 2. The summed E-state index contributed by atoms with van der Waals surface area (Å²) in [6, 6.07) is 1.71. The van der Waals surface area contributed by atoms with E-state index in [1.807, 2.05) is 16.9 Å². The maximum Gasteiger partial charge on any atom is 0.328 e. The number of hydrogen-bond acceptors (Lipinski definition) is 4. The molecule has 1 heterocycles. The third-order valence-electron chi connectivity index (χ3n) is 3.72. The molecule has 1 atom stereocenters. The Hall–Kier alpha value is -1.85. The summed E-state index contributed by atoms with van der Waals surface area (Å²) in [5, 5.41) is 7.09. The first-order valence-electron chi connectivity index (χ1n) is 7.60. The highest BCUT2D eigenvalue weighted by molar-refractivity contribution is 5.85. The fraction of sp³-hybridized carbons (Fsp3) is 0.667. The lowest BCUT2D eigenvalue weighted by molar-refractivity contribution is -0.146. The van der Waals surface area contributed by atoms with Gasteiger partial charge in [-0.1, -0.05) is 12.8 Å². The van der Waals surface area contributed by atoms with Crippen molar-refractivity contribution in [3.05, 3.63) is 18.0 Å². The van der Waals surface area contributed by atoms with Crippen LogP contribution >= 0.6 is 0 Å². The van der Waals surface area contributed by atoms with Gasteiger partial charge in [-0.3, -0.25) is 9.48 Å². The quantitative estimate of drug-likeness (QED) is 0.809. The minimum Gasteiger partial charge on any atom is -0.464 e. The molecule has 1 aliphatic carbocycles. The van der Waals surface area contributed by atoms with Crippen molar-refractivity contribution in [2.45, 2.75) is 58.0 Å². The fourth-order valence-electron chi connectivity index (χ4n) is 2.63. The summed E-state index contributed by atoms with van der Waals surface area (Å²) in [6.07, 6.45) is 6.94. The van der Waals surface area contributed by atoms with Crippen molar-refractivity contribution in [3.8, 4) is 0 Å². The Balaban J connectivity index is 1.83. The lowest BCUT2D eigenvalue weighted by Crippen LogP contribution is -2.40. The van der Waals surface area contributed by atoms with E-state index in [0.717, 1.165) is 18.5 Å². The molecule has 1 amide bonds. The van der Waals surface area contributed by atoms with Crippen LogP contribution in [0.4, 0.5) is 0 Å². The Bertz CT molecular complexity index is 492. The smallest absolute Gasteiger partial charge is 0.328 e. The van der Waals surface area contributed by atoms with Crippen molar-refractivity contribution in [1.82, 2.24) is 15.1 Å². The number of aromatic nitrogens is 2. The molecule has 2 rings (SSSR count). The molecule has 0 aromatic carbocycles. The second kappa shape index (κ2) is 7.24. The minimum absolute atomic E-state index is 0.184. The number of carbonyl (C=O) groups is 2. The molecule has 0 aliphatic heterocycles. The third kappa shape index (κ3) is 4.31. The molecule has 1 fully saturated rings. The van der Waals surface area contributed by atoms with E-state index in [1.165, 1.54) is 12.8 Å². The van der Waals surface area contributed by atoms with E-state index in [2.05, 4.69) is 10.4 Å². The molecule has 0 saturated heterocycles. The molecular weight excluding hydrogens is 270 g/mol. The normalized spacial score (nSPS) is 16.7. The van der Waals surface area contributed by atoms with Crippen LogP contribution in [-0.2, 0) is 20.7 Å². The average Bonchev–Trinajstić information content (AvgIpc) is 3.08. The number of amides is 1. The molecule has 1 aromatic heterocycles. The second-order valence-electron chi connectivity index (χ2n) is 5.44. The van der Waals surface area contributed by atoms with Gasteiger partial charge < -0.3 is 10.1 Å². The summed E-state index contributed by atoms with van der Waals surface area (Å²) >= 11 is 0. The molecular formula is C15H23N3O3. The molecule has 21 heavy (non-hydrogen) atoms. The van der Waals surface area contributed by atoms with Crippen molar-refractivity contribution in [3.63, 3.8) is 0 Å². The van der Waals surface area contributed by atoms with E-state index in [-0.39, 0.29) is 12.3 Å². The monoisotopic (exact) mass is 293 g/mol. The summed E-state index contributed by atoms with van der Waals surface area (Å²) in [5.41, 5.74) is 0.732. The van der Waals surface area contributed by atoms with Crippen LogP contribution in [0.2, 0.25) is 0 Å². The van der Waals surface area contributed by atoms with Gasteiger partial charge in [0.05, 0.1) is 24.8 Å². The molecule has 1 aromatic rings. The molecule has 0 spiro atoms. The lowest BCUT2D eigenvalue weighted by atomic mass is 10.2. The minimum atomic E-state index is -0.630. The SMILES string of the molecule is CCOC(=O)[C@H](C)NC(=O)Cc1ccn(C2CCCC2)n1. The van der Waals surface area contributed by atoms with Crippen LogP contribution in [0.3, 0.4) is 0 Å². The highest BCUT2D eigenvalue weighted by Gasteiger charge is 2.19. The van der Waals surface area contributed by atoms with Crippen LogP contribution in [0.5, 0.6) is 0 Å². The molecule has 1 aliphatic rings. The van der Waals surface area contributed by atoms with Crippen LogP contribution in [0.25, 0.3) is 0 Å². The number of hydrogen-bond donors (Lipinski definition) is 1. The first kappa shape index (κ1) is 15.5. The topological polar surface area (TPSA) is 73.2 Å². The molecule has 6 heteroatoms. The van der Waals surface area contributed by atoms with Gasteiger partial charge in [-0.25, -0.2) is 4.79 Å². The predicted octanol–water partition coefficient (Wildman–Crippen LogP) is 1.61. The van der Waals surface area contributed by atoms with Crippen LogP contribution in [-0.4, -0.2) is 34.3 Å². The Morgan fingerprint density at radius 1 is 1.48 bits per heavy atom. The second-order valence-corrected chi connectivity index (χ2v) is 5.44. The van der Waals surface area contributed by atoms with E-state index in [1.54, 1.807) is 13.8 Å². The number of rotatable bonds is 6. The van der Waals surface area contributed by atoms with Gasteiger partial charge in [-0.05, 0) is 32.8 Å². The summed E-state index contributed by atoms with van der Waals surface area (Å²) in [4.78, 5) is 23.3. The van der Waals surface area contributed by atoms with Gasteiger partial charge in [0.25, 0.3) is 0 Å². The maximum absolute atomic E-state index is 11.9. The van der Waals surface area contributed by atoms with Gasteiger partial charge >= 0.3 is 5.97 Å². The van der Waals surface area contributed by atoms with E-state index in [4.69, 9.17) is 4.74 Å². The van der Waals surface area contributed by atoms with Crippen molar-refractivity contribution in [1.29, 1.82) is 0 Å². The molecule has 1 N–H and O–H groups in total. The standard InChI is InChI=1S/C15H23N3O3/c1-3-21-15(20)11(2)16-14(19)10-12-8-9-18(17-12)13-6-4-5-7-13/h8-9,11,13H,3-7,10H2,1-2H3,(H,16,19)/t11-/m0/s1. The highest BCUT2D eigenvalue weighted by Crippen LogP contribution is 2.28. The maximum atomic E-state index is 11.9. The van der Waals surface area contributed by atoms with Crippen LogP contribution in [0, 0.1) is 0 Å². The molecule has 0 unspecified atom stereocenters. The first-order valence-corrected chi connectivity index (χ1v) is 7.60. The van der Waals surface area contributed by atoms with Crippen molar-refractivity contribution in [2.75, 3.05) is 6.61 Å². The fourth-order valence-corrected chi connectivity index (χ4v) is 2.63. The van der Waals surface area contributed by atoms with Crippen molar-refractivity contribution < 1.29 is 14.3 Å². The Labute approximate surface area is 124 Å². The van der Waals surface area contributed by atoms with E-state index < -0.39 is 12.0 Å². The van der Waals surface area contributed by atoms with Crippen molar-refractivity contribution in [2.24, 2.45) is 0 Å². The zero-order chi connectivity index (χ0) is 15.2. The molecule has 1 saturated carbocycles. The van der Waals surface area contributed by atoms with Gasteiger partial charge in [0.1, 0.15) is 6.04 Å². The van der Waals surface area contributed by atoms with E-state index >= 15 is 0 Å². The Morgan fingerprint density at radius 2 is 2.19 bits per heavy atom. The summed E-state index contributed by atoms with van der Waals surface area (Å²) in [6.45, 7) is 3.67. The largest absolute Gasteiger partial charge is 0.464 e. The molecule has 6 nitrogen and oxygen atoms in total. The molecule has 0 radical (unpaired) electrons. The number of carbonyl (C=O) groups excluding carboxylic acids is 2. The lowest BCUT2D eigenvalue weighted by Gasteiger charge is -2.12. The van der Waals surface area contributed by atoms with Crippen LogP contribution in [0.15, 0.2) is 12.3 Å². The Morgan fingerprint density at radius 3 is 2.86 bits per heavy atom. The van der Waals surface area contributed by atoms with Gasteiger partial charge in [0.2, 0.25) is 5.91 Å². The summed E-state index contributed by atoms with van der Waals surface area (Å²) < 4.78 is 6.82. The van der Waals surface area contributed by atoms with Gasteiger partial charge in [-0.2, -0.15) is 5.10 Å². The third-order valence-corrected chi connectivity index (χ3v) is 3.72. The number of nitrogens with one attached hydrogen (secondary N) is 1. The highest BCUT2D eigenvalue weighted by atomic mass is 16.5. The summed E-state index contributed by atoms with van der Waals surface area (Å²) in [7, 11) is 0. The van der Waals surface area contributed by atoms with Crippen molar-refractivity contribution >= 4 is 11.9 Å². The van der Waals surface area contributed by atoms with Crippen LogP contribution < -0.4 is 5.32 Å².